The first-order valence-electron chi connectivity index (χ1n) is 6.72. The summed E-state index contributed by atoms with van der Waals surface area (Å²) in [7, 11) is 0. The van der Waals surface area contributed by atoms with Gasteiger partial charge in [-0.15, -0.1) is 12.3 Å². The number of rotatable bonds is 5. The molecule has 0 amide bonds. The van der Waals surface area contributed by atoms with Crippen molar-refractivity contribution in [3.8, 4) is 18.1 Å². The van der Waals surface area contributed by atoms with Crippen LogP contribution in [0, 0.1) is 18.3 Å². The van der Waals surface area contributed by atoms with Gasteiger partial charge in [0, 0.05) is 18.4 Å². The van der Waals surface area contributed by atoms with E-state index in [9.17, 15) is 0 Å². The lowest BCUT2D eigenvalue weighted by Crippen LogP contribution is -2.41. The molecule has 0 fully saturated rings. The molecule has 0 aromatic heterocycles. The molecule has 2 unspecified atom stereocenters. The standard InChI is InChI=1S/C16H21NO/c1-3-5-9-15(17-4-2)14-11-13-8-6-7-10-16(13)18-12-14/h1,6-8,10,14-15,17H,4-5,9,11-12H2,2H3. The van der Waals surface area contributed by atoms with Crippen LogP contribution in [-0.4, -0.2) is 19.2 Å². The zero-order valence-electron chi connectivity index (χ0n) is 11.0. The van der Waals surface area contributed by atoms with E-state index in [-0.39, 0.29) is 0 Å². The van der Waals surface area contributed by atoms with Gasteiger partial charge in [0.1, 0.15) is 5.75 Å². The molecule has 0 aliphatic carbocycles. The molecule has 0 spiro atoms. The second-order valence-corrected chi connectivity index (χ2v) is 4.79. The quantitative estimate of drug-likeness (QED) is 0.803. The molecule has 2 atom stereocenters. The van der Waals surface area contributed by atoms with E-state index >= 15 is 0 Å². The number of fused-ring (bicyclic) bond motifs is 1. The lowest BCUT2D eigenvalue weighted by atomic mass is 9.88. The molecule has 1 aliphatic rings. The van der Waals surface area contributed by atoms with Crippen molar-refractivity contribution in [2.75, 3.05) is 13.2 Å². The first-order chi connectivity index (χ1) is 8.85. The van der Waals surface area contributed by atoms with Crippen molar-refractivity contribution in [2.24, 2.45) is 5.92 Å². The third kappa shape index (κ3) is 3.05. The molecule has 0 bridgehead atoms. The van der Waals surface area contributed by atoms with Crippen LogP contribution in [0.5, 0.6) is 5.75 Å². The highest BCUT2D eigenvalue weighted by atomic mass is 16.5. The van der Waals surface area contributed by atoms with Crippen LogP contribution in [-0.2, 0) is 6.42 Å². The predicted octanol–water partition coefficient (Wildman–Crippen LogP) is 2.63. The molecule has 0 saturated carbocycles. The molecule has 0 saturated heterocycles. The molecule has 1 aliphatic heterocycles. The largest absolute Gasteiger partial charge is 0.493 e. The lowest BCUT2D eigenvalue weighted by Gasteiger charge is -2.32. The van der Waals surface area contributed by atoms with Crippen LogP contribution in [0.4, 0.5) is 0 Å². The van der Waals surface area contributed by atoms with Crippen LogP contribution in [0.2, 0.25) is 0 Å². The third-order valence-electron chi connectivity index (χ3n) is 3.54. The second-order valence-electron chi connectivity index (χ2n) is 4.79. The maximum Gasteiger partial charge on any atom is 0.122 e. The third-order valence-corrected chi connectivity index (χ3v) is 3.54. The molecule has 1 aromatic carbocycles. The van der Waals surface area contributed by atoms with Crippen molar-refractivity contribution >= 4 is 0 Å². The van der Waals surface area contributed by atoms with E-state index in [0.29, 0.717) is 12.0 Å². The van der Waals surface area contributed by atoms with Crippen molar-refractivity contribution < 1.29 is 4.74 Å². The SMILES string of the molecule is C#CCCC(NCC)C1COc2ccccc2C1. The summed E-state index contributed by atoms with van der Waals surface area (Å²) >= 11 is 0. The number of ether oxygens (including phenoxy) is 1. The van der Waals surface area contributed by atoms with Gasteiger partial charge < -0.3 is 10.1 Å². The fraction of sp³-hybridized carbons (Fsp3) is 0.500. The summed E-state index contributed by atoms with van der Waals surface area (Å²) < 4.78 is 5.85. The second kappa shape index (κ2) is 6.47. The zero-order valence-corrected chi connectivity index (χ0v) is 11.0. The topological polar surface area (TPSA) is 21.3 Å². The first-order valence-corrected chi connectivity index (χ1v) is 6.72. The van der Waals surface area contributed by atoms with E-state index in [2.05, 4.69) is 36.4 Å². The first kappa shape index (κ1) is 13.0. The predicted molar refractivity (Wildman–Crippen MR) is 74.7 cm³/mol. The van der Waals surface area contributed by atoms with Gasteiger partial charge >= 0.3 is 0 Å². The van der Waals surface area contributed by atoms with Gasteiger partial charge in [-0.05, 0) is 31.0 Å². The minimum Gasteiger partial charge on any atom is -0.493 e. The fourth-order valence-electron chi connectivity index (χ4n) is 2.62. The molecule has 2 heteroatoms. The monoisotopic (exact) mass is 243 g/mol. The smallest absolute Gasteiger partial charge is 0.122 e. The van der Waals surface area contributed by atoms with E-state index in [1.54, 1.807) is 0 Å². The number of hydrogen-bond acceptors (Lipinski definition) is 2. The normalized spacial score (nSPS) is 19.4. The van der Waals surface area contributed by atoms with Crippen molar-refractivity contribution in [2.45, 2.75) is 32.2 Å². The summed E-state index contributed by atoms with van der Waals surface area (Å²) in [6, 6.07) is 8.77. The minimum absolute atomic E-state index is 0.458. The van der Waals surface area contributed by atoms with Crippen LogP contribution >= 0.6 is 0 Å². The summed E-state index contributed by atoms with van der Waals surface area (Å²) in [4.78, 5) is 0. The Morgan fingerprint density at radius 1 is 1.50 bits per heavy atom. The van der Waals surface area contributed by atoms with E-state index in [1.807, 2.05) is 6.07 Å². The Morgan fingerprint density at radius 3 is 3.11 bits per heavy atom. The summed E-state index contributed by atoms with van der Waals surface area (Å²) in [5.74, 6) is 4.30. The van der Waals surface area contributed by atoms with E-state index < -0.39 is 0 Å². The summed E-state index contributed by atoms with van der Waals surface area (Å²) in [5.41, 5.74) is 1.32. The lowest BCUT2D eigenvalue weighted by molar-refractivity contribution is 0.181. The Balaban J connectivity index is 2.03. The van der Waals surface area contributed by atoms with Crippen molar-refractivity contribution in [3.63, 3.8) is 0 Å². The van der Waals surface area contributed by atoms with Crippen molar-refractivity contribution in [1.82, 2.24) is 5.32 Å². The molecule has 18 heavy (non-hydrogen) atoms. The molecule has 2 nitrogen and oxygen atoms in total. The molecule has 96 valence electrons. The van der Waals surface area contributed by atoms with Gasteiger partial charge in [0.2, 0.25) is 0 Å². The molecular formula is C16H21NO. The van der Waals surface area contributed by atoms with Gasteiger partial charge in [0.15, 0.2) is 0 Å². The van der Waals surface area contributed by atoms with Crippen LogP contribution in [0.25, 0.3) is 0 Å². The van der Waals surface area contributed by atoms with Gasteiger partial charge in [0.05, 0.1) is 6.61 Å². The molecule has 1 aromatic rings. The highest BCUT2D eigenvalue weighted by Crippen LogP contribution is 2.29. The Kier molecular flexibility index (Phi) is 4.66. The Bertz CT molecular complexity index is 421. The Hall–Kier alpha value is -1.46. The zero-order chi connectivity index (χ0) is 12.8. The summed E-state index contributed by atoms with van der Waals surface area (Å²) in [6.07, 6.45) is 8.31. The number of benzene rings is 1. The average molecular weight is 243 g/mol. The highest BCUT2D eigenvalue weighted by molar-refractivity contribution is 5.35. The molecule has 2 rings (SSSR count). The molecule has 1 heterocycles. The maximum absolute atomic E-state index is 5.85. The van der Waals surface area contributed by atoms with Gasteiger partial charge in [-0.2, -0.15) is 0 Å². The van der Waals surface area contributed by atoms with Crippen LogP contribution in [0.15, 0.2) is 24.3 Å². The number of para-hydroxylation sites is 1. The number of nitrogens with one attached hydrogen (secondary N) is 1. The number of hydrogen-bond donors (Lipinski definition) is 1. The van der Waals surface area contributed by atoms with E-state index in [0.717, 1.165) is 38.2 Å². The Morgan fingerprint density at radius 2 is 2.33 bits per heavy atom. The Labute approximate surface area is 110 Å². The van der Waals surface area contributed by atoms with E-state index in [1.165, 1.54) is 5.56 Å². The van der Waals surface area contributed by atoms with Gasteiger partial charge in [-0.25, -0.2) is 0 Å². The number of terminal acetylenes is 1. The van der Waals surface area contributed by atoms with Gasteiger partial charge in [-0.1, -0.05) is 25.1 Å². The van der Waals surface area contributed by atoms with Crippen molar-refractivity contribution in [1.29, 1.82) is 0 Å². The van der Waals surface area contributed by atoms with Crippen LogP contribution < -0.4 is 10.1 Å². The van der Waals surface area contributed by atoms with Crippen LogP contribution in [0.1, 0.15) is 25.3 Å². The minimum atomic E-state index is 0.458. The summed E-state index contributed by atoms with van der Waals surface area (Å²) in [6.45, 7) is 3.91. The summed E-state index contributed by atoms with van der Waals surface area (Å²) in [5, 5.41) is 3.54. The van der Waals surface area contributed by atoms with E-state index in [4.69, 9.17) is 11.2 Å². The fourth-order valence-corrected chi connectivity index (χ4v) is 2.62. The molecule has 1 N–H and O–H groups in total. The highest BCUT2D eigenvalue weighted by Gasteiger charge is 2.26. The van der Waals surface area contributed by atoms with Gasteiger partial charge in [0.25, 0.3) is 0 Å². The van der Waals surface area contributed by atoms with Crippen LogP contribution in [0.3, 0.4) is 0 Å². The van der Waals surface area contributed by atoms with Gasteiger partial charge in [-0.3, -0.25) is 0 Å². The average Bonchev–Trinajstić information content (AvgIpc) is 2.43. The van der Waals surface area contributed by atoms with Crippen molar-refractivity contribution in [3.05, 3.63) is 29.8 Å². The molecular weight excluding hydrogens is 222 g/mol. The maximum atomic E-state index is 5.85. The molecule has 0 radical (unpaired) electrons.